The van der Waals surface area contributed by atoms with Crippen LogP contribution in [-0.2, 0) is 0 Å². The van der Waals surface area contributed by atoms with Gasteiger partial charge in [0.2, 0.25) is 0 Å². The van der Waals surface area contributed by atoms with Gasteiger partial charge in [-0.25, -0.2) is 4.98 Å². The molecule has 0 aromatic carbocycles. The molecule has 2 heterocycles. The molecule has 0 spiro atoms. The highest BCUT2D eigenvalue weighted by Crippen LogP contribution is 2.25. The van der Waals surface area contributed by atoms with Crippen LogP contribution in [0.4, 0.5) is 5.82 Å². The third kappa shape index (κ3) is 3.85. The van der Waals surface area contributed by atoms with E-state index in [-0.39, 0.29) is 5.91 Å². The molecule has 6 heteroatoms. The fourth-order valence-corrected chi connectivity index (χ4v) is 3.64. The third-order valence-corrected chi connectivity index (χ3v) is 4.34. The molecule has 2 rings (SSSR count). The zero-order valence-corrected chi connectivity index (χ0v) is 13.1. The van der Waals surface area contributed by atoms with E-state index in [4.69, 9.17) is 0 Å². The molecule has 0 aliphatic carbocycles. The Bertz CT molecular complexity index is 458. The van der Waals surface area contributed by atoms with Gasteiger partial charge in [0.25, 0.3) is 5.91 Å². The van der Waals surface area contributed by atoms with Crippen molar-refractivity contribution in [1.29, 1.82) is 0 Å². The number of nitrogens with one attached hydrogen (secondary N) is 1. The largest absolute Gasteiger partial charge is 0.369 e. The number of rotatable bonds is 4. The van der Waals surface area contributed by atoms with Crippen LogP contribution >= 0.6 is 11.8 Å². The van der Waals surface area contributed by atoms with Gasteiger partial charge in [-0.3, -0.25) is 9.78 Å². The predicted molar refractivity (Wildman–Crippen MR) is 83.2 cm³/mol. The van der Waals surface area contributed by atoms with Gasteiger partial charge in [-0.15, -0.1) is 0 Å². The summed E-state index contributed by atoms with van der Waals surface area (Å²) < 4.78 is 0. The maximum Gasteiger partial charge on any atom is 0.274 e. The highest BCUT2D eigenvalue weighted by Gasteiger charge is 2.27. The Hall–Kier alpha value is -1.30. The van der Waals surface area contributed by atoms with Gasteiger partial charge in [0.15, 0.2) is 0 Å². The van der Waals surface area contributed by atoms with Gasteiger partial charge < -0.3 is 10.2 Å². The van der Waals surface area contributed by atoms with Crippen molar-refractivity contribution < 1.29 is 4.79 Å². The number of aromatic nitrogens is 2. The second-order valence-electron chi connectivity index (χ2n) is 5.18. The number of thioether (sulfide) groups is 1. The Morgan fingerprint density at radius 1 is 1.40 bits per heavy atom. The average molecular weight is 294 g/mol. The number of carbonyl (C=O) groups is 1. The van der Waals surface area contributed by atoms with E-state index >= 15 is 0 Å². The predicted octanol–water partition coefficient (Wildman–Crippen LogP) is 2.26. The van der Waals surface area contributed by atoms with Crippen LogP contribution in [0, 0.1) is 0 Å². The molecule has 1 fully saturated rings. The van der Waals surface area contributed by atoms with Crippen molar-refractivity contribution in [3.05, 3.63) is 18.1 Å². The van der Waals surface area contributed by atoms with E-state index in [9.17, 15) is 4.79 Å². The van der Waals surface area contributed by atoms with Crippen LogP contribution in [0.25, 0.3) is 0 Å². The van der Waals surface area contributed by atoms with Gasteiger partial charge in [-0.2, -0.15) is 11.8 Å². The van der Waals surface area contributed by atoms with Crippen molar-refractivity contribution in [2.75, 3.05) is 25.0 Å². The molecule has 1 amide bonds. The Kier molecular flexibility index (Phi) is 5.23. The van der Waals surface area contributed by atoms with Crippen LogP contribution in [0.1, 0.15) is 37.7 Å². The monoisotopic (exact) mass is 294 g/mol. The summed E-state index contributed by atoms with van der Waals surface area (Å²) in [7, 11) is 0. The molecule has 20 heavy (non-hydrogen) atoms. The molecule has 1 aliphatic rings. The number of anilines is 1. The molecule has 0 saturated carbocycles. The maximum absolute atomic E-state index is 12.5. The zero-order chi connectivity index (χ0) is 14.5. The van der Waals surface area contributed by atoms with Gasteiger partial charge in [-0.05, 0) is 6.42 Å². The van der Waals surface area contributed by atoms with Crippen molar-refractivity contribution in [3.8, 4) is 0 Å². The normalized spacial score (nSPS) is 22.6. The first-order valence-electron chi connectivity index (χ1n) is 7.10. The van der Waals surface area contributed by atoms with Crippen molar-refractivity contribution in [3.63, 3.8) is 0 Å². The number of nitrogens with zero attached hydrogens (tertiary/aromatic N) is 3. The molecule has 1 aliphatic heterocycles. The zero-order valence-electron chi connectivity index (χ0n) is 12.3. The van der Waals surface area contributed by atoms with Gasteiger partial charge in [0.1, 0.15) is 11.5 Å². The summed E-state index contributed by atoms with van der Waals surface area (Å²) in [6, 6.07) is 0. The average Bonchev–Trinajstić information content (AvgIpc) is 2.43. The van der Waals surface area contributed by atoms with Crippen LogP contribution in [0.3, 0.4) is 0 Å². The third-order valence-electron chi connectivity index (χ3n) is 3.12. The lowest BCUT2D eigenvalue weighted by molar-refractivity contribution is 0.0747. The standard InChI is InChI=1S/C14H22N4OS/c1-4-5-16-13-7-15-6-12(17-13)14(19)18-8-10(2)20-11(3)9-18/h6-7,10-11H,4-5,8-9H2,1-3H3,(H,16,17). The maximum atomic E-state index is 12.5. The molecule has 2 unspecified atom stereocenters. The summed E-state index contributed by atoms with van der Waals surface area (Å²) in [5.41, 5.74) is 0.428. The Morgan fingerprint density at radius 2 is 2.10 bits per heavy atom. The topological polar surface area (TPSA) is 58.1 Å². The number of hydrogen-bond acceptors (Lipinski definition) is 5. The smallest absolute Gasteiger partial charge is 0.274 e. The lowest BCUT2D eigenvalue weighted by Gasteiger charge is -2.34. The molecular formula is C14H22N4OS. The molecule has 5 nitrogen and oxygen atoms in total. The molecule has 2 atom stereocenters. The summed E-state index contributed by atoms with van der Waals surface area (Å²) in [5, 5.41) is 4.10. The van der Waals surface area contributed by atoms with E-state index in [1.807, 2.05) is 16.7 Å². The fourth-order valence-electron chi connectivity index (χ4n) is 2.31. The molecule has 0 radical (unpaired) electrons. The highest BCUT2D eigenvalue weighted by atomic mass is 32.2. The minimum absolute atomic E-state index is 0.0170. The van der Waals surface area contributed by atoms with Gasteiger partial charge in [0, 0.05) is 30.1 Å². The number of carbonyl (C=O) groups excluding carboxylic acids is 1. The summed E-state index contributed by atoms with van der Waals surface area (Å²) in [6.07, 6.45) is 4.22. The second kappa shape index (κ2) is 6.92. The molecule has 0 bridgehead atoms. The Morgan fingerprint density at radius 3 is 2.75 bits per heavy atom. The van der Waals surface area contributed by atoms with E-state index in [0.29, 0.717) is 22.0 Å². The Balaban J connectivity index is 2.08. The van der Waals surface area contributed by atoms with Crippen LogP contribution in [0.5, 0.6) is 0 Å². The van der Waals surface area contributed by atoms with E-state index < -0.39 is 0 Å². The first-order valence-corrected chi connectivity index (χ1v) is 8.05. The van der Waals surface area contributed by atoms with Crippen LogP contribution < -0.4 is 5.32 Å². The van der Waals surface area contributed by atoms with Crippen molar-refractivity contribution in [1.82, 2.24) is 14.9 Å². The van der Waals surface area contributed by atoms with E-state index in [0.717, 1.165) is 26.1 Å². The quantitative estimate of drug-likeness (QED) is 0.923. The summed E-state index contributed by atoms with van der Waals surface area (Å²) in [5.74, 6) is 0.654. The van der Waals surface area contributed by atoms with E-state index in [1.165, 1.54) is 0 Å². The van der Waals surface area contributed by atoms with E-state index in [1.54, 1.807) is 12.4 Å². The lowest BCUT2D eigenvalue weighted by atomic mass is 10.3. The summed E-state index contributed by atoms with van der Waals surface area (Å²) >= 11 is 1.93. The summed E-state index contributed by atoms with van der Waals surface area (Å²) in [6.45, 7) is 8.80. The van der Waals surface area contributed by atoms with Crippen molar-refractivity contribution in [2.45, 2.75) is 37.7 Å². The first-order chi connectivity index (χ1) is 9.60. The molecular weight excluding hydrogens is 272 g/mol. The second-order valence-corrected chi connectivity index (χ2v) is 7.07. The van der Waals surface area contributed by atoms with Crippen LogP contribution in [0.15, 0.2) is 12.4 Å². The van der Waals surface area contributed by atoms with Crippen LogP contribution in [-0.4, -0.2) is 50.9 Å². The summed E-state index contributed by atoms with van der Waals surface area (Å²) in [4.78, 5) is 22.9. The first kappa shape index (κ1) is 15.1. The van der Waals surface area contributed by atoms with Gasteiger partial charge >= 0.3 is 0 Å². The fraction of sp³-hybridized carbons (Fsp3) is 0.643. The number of hydrogen-bond donors (Lipinski definition) is 1. The lowest BCUT2D eigenvalue weighted by Crippen LogP contribution is -2.44. The minimum atomic E-state index is -0.0170. The van der Waals surface area contributed by atoms with Crippen molar-refractivity contribution in [2.24, 2.45) is 0 Å². The Labute approximate surface area is 124 Å². The highest BCUT2D eigenvalue weighted by molar-refractivity contribution is 8.00. The molecule has 1 N–H and O–H groups in total. The van der Waals surface area contributed by atoms with Gasteiger partial charge in [0.05, 0.1) is 12.4 Å². The molecule has 110 valence electrons. The van der Waals surface area contributed by atoms with Crippen LogP contribution in [0.2, 0.25) is 0 Å². The minimum Gasteiger partial charge on any atom is -0.369 e. The SMILES string of the molecule is CCCNc1cncc(C(=O)N2CC(C)SC(C)C2)n1. The molecule has 1 saturated heterocycles. The number of amides is 1. The molecule has 1 aromatic rings. The van der Waals surface area contributed by atoms with Crippen molar-refractivity contribution >= 4 is 23.5 Å². The molecule has 1 aromatic heterocycles. The van der Waals surface area contributed by atoms with Gasteiger partial charge in [-0.1, -0.05) is 20.8 Å². The van der Waals surface area contributed by atoms with E-state index in [2.05, 4.69) is 36.1 Å².